The maximum atomic E-state index is 15.6. The van der Waals surface area contributed by atoms with Gasteiger partial charge in [0.2, 0.25) is 0 Å². The number of aromatic nitrogens is 2. The van der Waals surface area contributed by atoms with Crippen LogP contribution >= 0.6 is 0 Å². The molecule has 0 unspecified atom stereocenters. The summed E-state index contributed by atoms with van der Waals surface area (Å²) >= 11 is 0. The largest absolute Gasteiger partial charge is 0.494 e. The number of carboxylic acid groups (broad SMARTS) is 1. The van der Waals surface area contributed by atoms with Gasteiger partial charge in [0.15, 0.2) is 11.6 Å². The molecule has 0 saturated carbocycles. The van der Waals surface area contributed by atoms with Crippen LogP contribution < -0.4 is 21.3 Å². The molecule has 2 N–H and O–H groups in total. The number of halogens is 6. The van der Waals surface area contributed by atoms with Gasteiger partial charge in [0, 0.05) is 28.8 Å². The van der Waals surface area contributed by atoms with Crippen molar-refractivity contribution in [3.63, 3.8) is 0 Å². The van der Waals surface area contributed by atoms with Crippen molar-refractivity contribution in [1.82, 2.24) is 14.5 Å². The van der Waals surface area contributed by atoms with E-state index in [4.69, 9.17) is 9.84 Å². The van der Waals surface area contributed by atoms with Crippen molar-refractivity contribution < 1.29 is 41.0 Å². The first-order chi connectivity index (χ1) is 21.8. The van der Waals surface area contributed by atoms with E-state index < -0.39 is 76.7 Å². The average molecular weight is 650 g/mol. The molecule has 1 aromatic heterocycles. The number of rotatable bonds is 12. The van der Waals surface area contributed by atoms with Crippen molar-refractivity contribution in [2.24, 2.45) is 0 Å². The summed E-state index contributed by atoms with van der Waals surface area (Å²) in [6.45, 7) is -0.356. The minimum absolute atomic E-state index is 0.00109. The lowest BCUT2D eigenvalue weighted by atomic mass is 10.0. The van der Waals surface area contributed by atoms with Gasteiger partial charge in [-0.05, 0) is 44.2 Å². The number of nitrogens with zero attached hydrogens (tertiary/aromatic N) is 2. The fourth-order valence-corrected chi connectivity index (χ4v) is 5.19. The number of methoxy groups -OCH3 is 1. The van der Waals surface area contributed by atoms with Crippen LogP contribution in [0.5, 0.6) is 5.75 Å². The van der Waals surface area contributed by atoms with Gasteiger partial charge in [0.25, 0.3) is 5.56 Å². The van der Waals surface area contributed by atoms with Gasteiger partial charge >= 0.3 is 17.8 Å². The van der Waals surface area contributed by atoms with E-state index in [0.29, 0.717) is 10.6 Å². The molecule has 46 heavy (non-hydrogen) atoms. The average Bonchev–Trinajstić information content (AvgIpc) is 2.99. The molecule has 4 rings (SSSR count). The molecule has 3 aromatic carbocycles. The molecule has 0 aliphatic carbocycles. The molecule has 1 atom stereocenters. The molecule has 244 valence electrons. The maximum absolute atomic E-state index is 15.6. The second kappa shape index (κ2) is 14.1. The zero-order valence-corrected chi connectivity index (χ0v) is 24.6. The summed E-state index contributed by atoms with van der Waals surface area (Å²) in [5.74, 6) is -4.34. The van der Waals surface area contributed by atoms with Gasteiger partial charge in [-0.2, -0.15) is 13.2 Å². The minimum atomic E-state index is -5.00. The molecule has 8 nitrogen and oxygen atoms in total. The van der Waals surface area contributed by atoms with Crippen LogP contribution in [-0.4, -0.2) is 33.9 Å². The van der Waals surface area contributed by atoms with Gasteiger partial charge < -0.3 is 15.2 Å². The topological polar surface area (TPSA) is 103 Å². The molecule has 0 aliphatic heterocycles. The summed E-state index contributed by atoms with van der Waals surface area (Å²) in [6.07, 6.45) is -5.14. The number of benzene rings is 3. The highest BCUT2D eigenvalue weighted by Crippen LogP contribution is 2.34. The summed E-state index contributed by atoms with van der Waals surface area (Å²) in [7, 11) is 1.18. The smallest absolute Gasteiger partial charge is 0.416 e. The Morgan fingerprint density at radius 3 is 2.28 bits per heavy atom. The zero-order chi connectivity index (χ0) is 33.8. The SMILES string of the molecule is COc1cccc(-c2c(C)n(Cc3c(F)cccc3C(F)(F)F)c(=O)n(C[C@H](NCCCC(=O)O)c3ccccc3F)c2=O)c1F. The Morgan fingerprint density at radius 2 is 1.63 bits per heavy atom. The predicted molar refractivity (Wildman–Crippen MR) is 156 cm³/mol. The van der Waals surface area contributed by atoms with Crippen LogP contribution in [0, 0.1) is 24.4 Å². The van der Waals surface area contributed by atoms with Crippen LogP contribution in [0.3, 0.4) is 0 Å². The summed E-state index contributed by atoms with van der Waals surface area (Å²) in [5, 5.41) is 11.9. The molecule has 0 amide bonds. The van der Waals surface area contributed by atoms with E-state index in [9.17, 15) is 36.3 Å². The summed E-state index contributed by atoms with van der Waals surface area (Å²) < 4.78 is 93.5. The first kappa shape index (κ1) is 34.0. The Labute approximate surface area is 258 Å². The minimum Gasteiger partial charge on any atom is -0.494 e. The zero-order valence-electron chi connectivity index (χ0n) is 24.6. The molecule has 0 radical (unpaired) electrons. The molecule has 0 bridgehead atoms. The monoisotopic (exact) mass is 649 g/mol. The van der Waals surface area contributed by atoms with Crippen LogP contribution in [-0.2, 0) is 24.1 Å². The molecule has 0 fully saturated rings. The van der Waals surface area contributed by atoms with E-state index in [1.54, 1.807) is 0 Å². The fourth-order valence-electron chi connectivity index (χ4n) is 5.19. The second-order valence-electron chi connectivity index (χ2n) is 10.4. The molecule has 1 heterocycles. The second-order valence-corrected chi connectivity index (χ2v) is 10.4. The molecule has 14 heteroatoms. The fraction of sp³-hybridized carbons (Fsp3) is 0.281. The van der Waals surface area contributed by atoms with Gasteiger partial charge in [0.1, 0.15) is 11.6 Å². The molecule has 0 aliphatic rings. The summed E-state index contributed by atoms with van der Waals surface area (Å²) in [6, 6.07) is 10.4. The van der Waals surface area contributed by atoms with Crippen LogP contribution in [0.15, 0.2) is 70.3 Å². The Hall–Kier alpha value is -4.85. The van der Waals surface area contributed by atoms with Crippen LogP contribution in [0.1, 0.15) is 41.3 Å². The number of alkyl halides is 3. The van der Waals surface area contributed by atoms with Crippen molar-refractivity contribution in [2.75, 3.05) is 13.7 Å². The van der Waals surface area contributed by atoms with Gasteiger partial charge in [-0.1, -0.05) is 36.4 Å². The highest BCUT2D eigenvalue weighted by atomic mass is 19.4. The highest BCUT2D eigenvalue weighted by molar-refractivity contribution is 5.68. The lowest BCUT2D eigenvalue weighted by molar-refractivity contribution is -0.138. The van der Waals surface area contributed by atoms with Gasteiger partial charge in [0.05, 0.1) is 37.4 Å². The molecule has 0 spiro atoms. The quantitative estimate of drug-likeness (QED) is 0.152. The predicted octanol–water partition coefficient (Wildman–Crippen LogP) is 5.67. The molecule has 4 aromatic rings. The van der Waals surface area contributed by atoms with E-state index >= 15 is 4.39 Å². The number of carboxylic acids is 1. The van der Waals surface area contributed by atoms with Gasteiger partial charge in [-0.15, -0.1) is 0 Å². The van der Waals surface area contributed by atoms with Crippen molar-refractivity contribution in [1.29, 1.82) is 0 Å². The Morgan fingerprint density at radius 1 is 0.957 bits per heavy atom. The number of nitrogens with one attached hydrogen (secondary N) is 1. The standard InChI is InChI=1S/C32H29F6N3O5/c1-18-28(20-9-5-13-26(46-2)29(20)35)30(44)41(17-25(39-15-7-14-27(42)43)19-8-3-4-11-23(19)33)31(45)40(18)16-21-22(32(36,37)38)10-6-12-24(21)34/h3-6,8-13,25,39H,7,14-17H2,1-2H3,(H,42,43)/t25-/m0/s1. The maximum Gasteiger partial charge on any atom is 0.416 e. The third-order valence-electron chi connectivity index (χ3n) is 7.48. The van der Waals surface area contributed by atoms with Crippen molar-refractivity contribution in [3.05, 3.63) is 121 Å². The van der Waals surface area contributed by atoms with Crippen molar-refractivity contribution >= 4 is 5.97 Å². The summed E-state index contributed by atoms with van der Waals surface area (Å²) in [4.78, 5) is 39.0. The third kappa shape index (κ3) is 7.17. The first-order valence-electron chi connectivity index (χ1n) is 14.0. The lowest BCUT2D eigenvalue weighted by Gasteiger charge is -2.24. The lowest BCUT2D eigenvalue weighted by Crippen LogP contribution is -2.45. The number of carbonyl (C=O) groups is 1. The van der Waals surface area contributed by atoms with E-state index in [0.717, 1.165) is 22.8 Å². The van der Waals surface area contributed by atoms with Crippen molar-refractivity contribution in [2.45, 2.75) is 45.1 Å². The van der Waals surface area contributed by atoms with E-state index in [-0.39, 0.29) is 42.0 Å². The third-order valence-corrected chi connectivity index (χ3v) is 7.48. The van der Waals surface area contributed by atoms with Gasteiger partial charge in [-0.25, -0.2) is 18.0 Å². The molecule has 0 saturated heterocycles. The molecular weight excluding hydrogens is 620 g/mol. The normalized spacial score (nSPS) is 12.3. The highest BCUT2D eigenvalue weighted by Gasteiger charge is 2.35. The number of aliphatic carboxylic acids is 1. The Balaban J connectivity index is 1.98. The van der Waals surface area contributed by atoms with Crippen molar-refractivity contribution in [3.8, 4) is 16.9 Å². The van der Waals surface area contributed by atoms with E-state index in [1.165, 1.54) is 50.4 Å². The van der Waals surface area contributed by atoms with Crippen LogP contribution in [0.25, 0.3) is 11.1 Å². The van der Waals surface area contributed by atoms with E-state index in [1.807, 2.05) is 0 Å². The van der Waals surface area contributed by atoms with E-state index in [2.05, 4.69) is 5.32 Å². The summed E-state index contributed by atoms with van der Waals surface area (Å²) in [5.41, 5.74) is -5.48. The number of hydrogen-bond donors (Lipinski definition) is 2. The molecular formula is C32H29F6N3O5. The number of hydrogen-bond acceptors (Lipinski definition) is 5. The van der Waals surface area contributed by atoms with Crippen LogP contribution in [0.4, 0.5) is 26.3 Å². The Bertz CT molecular complexity index is 1870. The van der Waals surface area contributed by atoms with Gasteiger partial charge in [-0.3, -0.25) is 18.7 Å². The van der Waals surface area contributed by atoms with Crippen LogP contribution in [0.2, 0.25) is 0 Å². The number of ether oxygens (including phenoxy) is 1. The Kier molecular flexibility index (Phi) is 10.4. The first-order valence-corrected chi connectivity index (χ1v) is 14.0.